The number of amides is 2. The standard InChI is InChI=1S/C19H29N3O4.ClH/c1-20-7-4-8-21-18(23)14-5-9-22(10-6-14)19(24)15-11-16(25-2)13-17(12-15)26-3;/h11-14,20H,4-10H2,1-3H3,(H,21,23);1H. The van der Waals surface area contributed by atoms with Crippen LogP contribution in [-0.4, -0.2) is 64.2 Å². The Kier molecular flexibility index (Phi) is 9.96. The van der Waals surface area contributed by atoms with Gasteiger partial charge >= 0.3 is 0 Å². The molecule has 0 aromatic heterocycles. The number of hydrogen-bond donors (Lipinski definition) is 2. The van der Waals surface area contributed by atoms with Gasteiger partial charge in [-0.15, -0.1) is 12.4 Å². The van der Waals surface area contributed by atoms with Gasteiger partial charge in [-0.2, -0.15) is 0 Å². The monoisotopic (exact) mass is 399 g/mol. The van der Waals surface area contributed by atoms with Crippen molar-refractivity contribution in [2.75, 3.05) is 47.4 Å². The average Bonchev–Trinajstić information content (AvgIpc) is 2.70. The molecule has 152 valence electrons. The largest absolute Gasteiger partial charge is 0.497 e. The van der Waals surface area contributed by atoms with E-state index in [9.17, 15) is 9.59 Å². The zero-order valence-electron chi connectivity index (χ0n) is 16.2. The summed E-state index contributed by atoms with van der Waals surface area (Å²) < 4.78 is 10.5. The molecule has 0 unspecified atom stereocenters. The van der Waals surface area contributed by atoms with Gasteiger partial charge in [-0.3, -0.25) is 9.59 Å². The van der Waals surface area contributed by atoms with Crippen molar-refractivity contribution < 1.29 is 19.1 Å². The minimum Gasteiger partial charge on any atom is -0.497 e. The third kappa shape index (κ3) is 6.59. The molecule has 0 bridgehead atoms. The van der Waals surface area contributed by atoms with Gasteiger partial charge in [-0.1, -0.05) is 0 Å². The van der Waals surface area contributed by atoms with Gasteiger partial charge in [0.15, 0.2) is 0 Å². The van der Waals surface area contributed by atoms with Crippen LogP contribution in [0.3, 0.4) is 0 Å². The molecule has 0 radical (unpaired) electrons. The maximum absolute atomic E-state index is 12.8. The maximum Gasteiger partial charge on any atom is 0.254 e. The second-order valence-corrected chi connectivity index (χ2v) is 6.42. The molecule has 2 N–H and O–H groups in total. The van der Waals surface area contributed by atoms with Crippen molar-refractivity contribution in [2.45, 2.75) is 19.3 Å². The lowest BCUT2D eigenvalue weighted by atomic mass is 9.95. The molecule has 2 amide bonds. The number of nitrogens with one attached hydrogen (secondary N) is 2. The van der Waals surface area contributed by atoms with E-state index in [-0.39, 0.29) is 30.1 Å². The molecule has 8 heteroatoms. The molecule has 2 rings (SSSR count). The number of ether oxygens (including phenoxy) is 2. The van der Waals surface area contributed by atoms with Gasteiger partial charge in [0, 0.05) is 37.2 Å². The Labute approximate surface area is 167 Å². The average molecular weight is 400 g/mol. The van der Waals surface area contributed by atoms with Gasteiger partial charge in [-0.25, -0.2) is 0 Å². The molecular formula is C19H30ClN3O4. The molecular weight excluding hydrogens is 370 g/mol. The highest BCUT2D eigenvalue weighted by Gasteiger charge is 2.28. The van der Waals surface area contributed by atoms with E-state index in [0.29, 0.717) is 49.5 Å². The van der Waals surface area contributed by atoms with E-state index in [4.69, 9.17) is 9.47 Å². The fraction of sp³-hybridized carbons (Fsp3) is 0.579. The number of halogens is 1. The topological polar surface area (TPSA) is 79.9 Å². The van der Waals surface area contributed by atoms with Crippen LogP contribution in [0, 0.1) is 5.92 Å². The summed E-state index contributed by atoms with van der Waals surface area (Å²) >= 11 is 0. The molecule has 1 aliphatic rings. The number of likely N-dealkylation sites (tertiary alicyclic amines) is 1. The van der Waals surface area contributed by atoms with Crippen molar-refractivity contribution in [3.05, 3.63) is 23.8 Å². The Bertz CT molecular complexity index is 597. The van der Waals surface area contributed by atoms with E-state index in [1.807, 2.05) is 7.05 Å². The van der Waals surface area contributed by atoms with Crippen molar-refractivity contribution in [3.63, 3.8) is 0 Å². The minimum atomic E-state index is -0.0601. The summed E-state index contributed by atoms with van der Waals surface area (Å²) in [5.74, 6) is 1.19. The summed E-state index contributed by atoms with van der Waals surface area (Å²) in [6.07, 6.45) is 2.28. The fourth-order valence-corrected chi connectivity index (χ4v) is 3.08. The van der Waals surface area contributed by atoms with Crippen LogP contribution in [0.25, 0.3) is 0 Å². The van der Waals surface area contributed by atoms with Crippen LogP contribution in [0.1, 0.15) is 29.6 Å². The SMILES string of the molecule is CNCCCNC(=O)C1CCN(C(=O)c2cc(OC)cc(OC)c2)CC1.Cl. The molecule has 27 heavy (non-hydrogen) atoms. The summed E-state index contributed by atoms with van der Waals surface area (Å²) in [6.45, 7) is 2.72. The summed E-state index contributed by atoms with van der Waals surface area (Å²) in [5.41, 5.74) is 0.538. The predicted molar refractivity (Wildman–Crippen MR) is 107 cm³/mol. The van der Waals surface area contributed by atoms with Crippen molar-refractivity contribution >= 4 is 24.2 Å². The molecule has 1 heterocycles. The number of rotatable bonds is 8. The number of piperidine rings is 1. The Hall–Kier alpha value is -1.99. The highest BCUT2D eigenvalue weighted by atomic mass is 35.5. The highest BCUT2D eigenvalue weighted by molar-refractivity contribution is 5.95. The van der Waals surface area contributed by atoms with Crippen molar-refractivity contribution in [3.8, 4) is 11.5 Å². The lowest BCUT2D eigenvalue weighted by molar-refractivity contribution is -0.126. The fourth-order valence-electron chi connectivity index (χ4n) is 3.08. The second kappa shape index (κ2) is 11.7. The Balaban J connectivity index is 0.00000364. The van der Waals surface area contributed by atoms with E-state index in [1.54, 1.807) is 37.3 Å². The van der Waals surface area contributed by atoms with Crippen molar-refractivity contribution in [1.29, 1.82) is 0 Å². The molecule has 7 nitrogen and oxygen atoms in total. The van der Waals surface area contributed by atoms with Gasteiger partial charge in [0.1, 0.15) is 11.5 Å². The van der Waals surface area contributed by atoms with Crippen LogP contribution < -0.4 is 20.1 Å². The first-order chi connectivity index (χ1) is 12.6. The van der Waals surface area contributed by atoms with Crippen LogP contribution in [0.4, 0.5) is 0 Å². The normalized spacial score (nSPS) is 14.3. The summed E-state index contributed by atoms with van der Waals surface area (Å²) in [6, 6.07) is 5.16. The summed E-state index contributed by atoms with van der Waals surface area (Å²) in [7, 11) is 5.01. The zero-order valence-corrected chi connectivity index (χ0v) is 17.1. The molecule has 0 aliphatic carbocycles. The zero-order chi connectivity index (χ0) is 18.9. The Morgan fingerprint density at radius 1 is 1.07 bits per heavy atom. The van der Waals surface area contributed by atoms with Crippen molar-refractivity contribution in [1.82, 2.24) is 15.5 Å². The number of hydrogen-bond acceptors (Lipinski definition) is 5. The third-order valence-corrected chi connectivity index (χ3v) is 4.65. The van der Waals surface area contributed by atoms with E-state index in [1.165, 1.54) is 0 Å². The smallest absolute Gasteiger partial charge is 0.254 e. The van der Waals surface area contributed by atoms with Crippen LogP contribution in [-0.2, 0) is 4.79 Å². The van der Waals surface area contributed by atoms with E-state index < -0.39 is 0 Å². The van der Waals surface area contributed by atoms with Crippen molar-refractivity contribution in [2.24, 2.45) is 5.92 Å². The highest BCUT2D eigenvalue weighted by Crippen LogP contribution is 2.25. The van der Waals surface area contributed by atoms with Crippen LogP contribution in [0.2, 0.25) is 0 Å². The quantitative estimate of drug-likeness (QED) is 0.650. The van der Waals surface area contributed by atoms with Crippen LogP contribution >= 0.6 is 12.4 Å². The van der Waals surface area contributed by atoms with Gasteiger partial charge in [0.05, 0.1) is 14.2 Å². The van der Waals surface area contributed by atoms with E-state index in [0.717, 1.165) is 13.0 Å². The predicted octanol–water partition coefficient (Wildman–Crippen LogP) is 1.70. The first-order valence-corrected chi connectivity index (χ1v) is 9.03. The molecule has 0 saturated carbocycles. The molecule has 1 fully saturated rings. The summed E-state index contributed by atoms with van der Waals surface area (Å²) in [4.78, 5) is 26.8. The molecule has 1 aromatic rings. The number of carbonyl (C=O) groups excluding carboxylic acids is 2. The number of benzene rings is 1. The van der Waals surface area contributed by atoms with Crippen LogP contribution in [0.15, 0.2) is 18.2 Å². The van der Waals surface area contributed by atoms with E-state index in [2.05, 4.69) is 10.6 Å². The lowest BCUT2D eigenvalue weighted by Gasteiger charge is -2.31. The van der Waals surface area contributed by atoms with Gasteiger partial charge < -0.3 is 25.0 Å². The minimum absolute atomic E-state index is 0. The first-order valence-electron chi connectivity index (χ1n) is 9.03. The number of methoxy groups -OCH3 is 2. The third-order valence-electron chi connectivity index (χ3n) is 4.65. The van der Waals surface area contributed by atoms with Crippen LogP contribution in [0.5, 0.6) is 11.5 Å². The molecule has 0 atom stereocenters. The van der Waals surface area contributed by atoms with Gasteiger partial charge in [0.25, 0.3) is 5.91 Å². The molecule has 0 spiro atoms. The first kappa shape index (κ1) is 23.0. The Morgan fingerprint density at radius 2 is 1.67 bits per heavy atom. The maximum atomic E-state index is 12.8. The van der Waals surface area contributed by atoms with Gasteiger partial charge in [0.2, 0.25) is 5.91 Å². The van der Waals surface area contributed by atoms with Gasteiger partial charge in [-0.05, 0) is 45.0 Å². The molecule has 1 aliphatic heterocycles. The molecule has 1 saturated heterocycles. The number of nitrogens with zero attached hydrogens (tertiary/aromatic N) is 1. The van der Waals surface area contributed by atoms with E-state index >= 15 is 0 Å². The summed E-state index contributed by atoms with van der Waals surface area (Å²) in [5, 5.41) is 6.04. The number of carbonyl (C=O) groups is 2. The Morgan fingerprint density at radius 3 is 2.19 bits per heavy atom. The molecule has 1 aromatic carbocycles. The lowest BCUT2D eigenvalue weighted by Crippen LogP contribution is -2.43. The second-order valence-electron chi connectivity index (χ2n) is 6.42.